The van der Waals surface area contributed by atoms with Gasteiger partial charge in [-0.2, -0.15) is 0 Å². The van der Waals surface area contributed by atoms with Crippen molar-refractivity contribution in [1.29, 1.82) is 0 Å². The highest BCUT2D eigenvalue weighted by Crippen LogP contribution is 2.32. The van der Waals surface area contributed by atoms with Crippen LogP contribution in [0, 0.1) is 19.8 Å². The van der Waals surface area contributed by atoms with E-state index < -0.39 is 0 Å². The molecule has 1 amide bonds. The lowest BCUT2D eigenvalue weighted by Gasteiger charge is -2.34. The molecular weight excluding hydrogens is 330 g/mol. The quantitative estimate of drug-likeness (QED) is 0.766. The van der Waals surface area contributed by atoms with Crippen LogP contribution in [0.4, 0.5) is 5.82 Å². The molecule has 0 unspecified atom stereocenters. The Morgan fingerprint density at radius 3 is 2.77 bits per heavy atom. The zero-order valence-electron chi connectivity index (χ0n) is 16.1. The van der Waals surface area contributed by atoms with Gasteiger partial charge in [-0.3, -0.25) is 4.79 Å². The minimum absolute atomic E-state index is 0.171. The molecule has 2 heterocycles. The molecule has 1 aliphatic heterocycles. The molecule has 0 spiro atoms. The Bertz CT molecular complexity index is 645. The van der Waals surface area contributed by atoms with Crippen LogP contribution in [-0.4, -0.2) is 54.3 Å². The molecule has 0 aromatic carbocycles. The number of carbonyl (C=O) groups is 1. The molecule has 1 aromatic rings. The first-order valence-electron chi connectivity index (χ1n) is 9.73. The number of amides is 1. The molecule has 7 heteroatoms. The summed E-state index contributed by atoms with van der Waals surface area (Å²) in [6.07, 6.45) is 4.55. The minimum Gasteiger partial charge on any atom is -0.378 e. The van der Waals surface area contributed by atoms with Gasteiger partial charge in [-0.1, -0.05) is 0 Å². The highest BCUT2D eigenvalue weighted by atomic mass is 16.5. The van der Waals surface area contributed by atoms with Crippen molar-refractivity contribution in [3.63, 3.8) is 0 Å². The molecule has 1 atom stereocenters. The van der Waals surface area contributed by atoms with Crippen molar-refractivity contribution in [1.82, 2.24) is 15.3 Å². The Kier molecular flexibility index (Phi) is 6.09. The fourth-order valence-electron chi connectivity index (χ4n) is 3.75. The van der Waals surface area contributed by atoms with Crippen LogP contribution in [0.15, 0.2) is 0 Å². The van der Waals surface area contributed by atoms with E-state index >= 15 is 0 Å². The molecule has 2 fully saturated rings. The third-order valence-electron chi connectivity index (χ3n) is 5.52. The summed E-state index contributed by atoms with van der Waals surface area (Å²) in [6, 6.07) is 0.171. The SMILES string of the molecule is CCOC1CC(CCNC(=O)c2nc(C)c(C)c(N3CC[C@@H](N)C3)n2)C1. The van der Waals surface area contributed by atoms with Crippen LogP contribution < -0.4 is 16.0 Å². The third-order valence-corrected chi connectivity index (χ3v) is 5.52. The van der Waals surface area contributed by atoms with E-state index in [2.05, 4.69) is 20.2 Å². The van der Waals surface area contributed by atoms with Crippen LogP contribution in [0.5, 0.6) is 0 Å². The maximum absolute atomic E-state index is 12.5. The second-order valence-electron chi connectivity index (χ2n) is 7.54. The number of nitrogens with zero attached hydrogens (tertiary/aromatic N) is 3. The van der Waals surface area contributed by atoms with Crippen molar-refractivity contribution >= 4 is 11.7 Å². The smallest absolute Gasteiger partial charge is 0.289 e. The number of carbonyl (C=O) groups excluding carboxylic acids is 1. The summed E-state index contributed by atoms with van der Waals surface area (Å²) in [6.45, 7) is 9.05. The molecule has 7 nitrogen and oxygen atoms in total. The Morgan fingerprint density at radius 2 is 2.12 bits per heavy atom. The van der Waals surface area contributed by atoms with E-state index in [4.69, 9.17) is 10.5 Å². The lowest BCUT2D eigenvalue weighted by molar-refractivity contribution is -0.0261. The van der Waals surface area contributed by atoms with Crippen LogP contribution in [0.25, 0.3) is 0 Å². The Labute approximate surface area is 155 Å². The maximum Gasteiger partial charge on any atom is 0.289 e. The summed E-state index contributed by atoms with van der Waals surface area (Å²) in [4.78, 5) is 23.6. The molecule has 3 N–H and O–H groups in total. The van der Waals surface area contributed by atoms with Gasteiger partial charge in [0.2, 0.25) is 5.82 Å². The van der Waals surface area contributed by atoms with E-state index in [1.165, 1.54) is 0 Å². The van der Waals surface area contributed by atoms with E-state index in [-0.39, 0.29) is 17.8 Å². The standard InChI is InChI=1S/C19H31N5O2/c1-4-26-16-9-14(10-16)5-7-21-19(25)17-22-13(3)12(2)18(23-17)24-8-6-15(20)11-24/h14-16H,4-11,20H2,1-3H3,(H,21,25)/t14?,15-,16?/m1/s1. The van der Waals surface area contributed by atoms with Gasteiger partial charge in [-0.15, -0.1) is 0 Å². The lowest BCUT2D eigenvalue weighted by Crippen LogP contribution is -2.35. The number of hydrogen-bond acceptors (Lipinski definition) is 6. The summed E-state index contributed by atoms with van der Waals surface area (Å²) >= 11 is 0. The van der Waals surface area contributed by atoms with Gasteiger partial charge in [0.15, 0.2) is 0 Å². The zero-order valence-corrected chi connectivity index (χ0v) is 16.1. The van der Waals surface area contributed by atoms with E-state index in [1.807, 2.05) is 20.8 Å². The Balaban J connectivity index is 1.55. The van der Waals surface area contributed by atoms with Crippen LogP contribution in [0.2, 0.25) is 0 Å². The fraction of sp³-hybridized carbons (Fsp3) is 0.737. The van der Waals surface area contributed by atoms with E-state index in [1.54, 1.807) is 0 Å². The molecule has 144 valence electrons. The van der Waals surface area contributed by atoms with E-state index in [0.717, 1.165) is 62.5 Å². The van der Waals surface area contributed by atoms with Gasteiger partial charge >= 0.3 is 0 Å². The maximum atomic E-state index is 12.5. The molecule has 0 bridgehead atoms. The largest absolute Gasteiger partial charge is 0.378 e. The summed E-state index contributed by atoms with van der Waals surface area (Å²) < 4.78 is 5.58. The summed E-state index contributed by atoms with van der Waals surface area (Å²) in [5.41, 5.74) is 7.88. The van der Waals surface area contributed by atoms with Gasteiger partial charge in [0.25, 0.3) is 5.91 Å². The molecule has 3 rings (SSSR count). The van der Waals surface area contributed by atoms with Crippen LogP contribution >= 0.6 is 0 Å². The summed E-state index contributed by atoms with van der Waals surface area (Å²) in [5, 5.41) is 2.97. The van der Waals surface area contributed by atoms with Crippen molar-refractivity contribution < 1.29 is 9.53 Å². The molecular formula is C19H31N5O2. The van der Waals surface area contributed by atoms with E-state index in [9.17, 15) is 4.79 Å². The molecule has 1 saturated heterocycles. The predicted molar refractivity (Wildman–Crippen MR) is 101 cm³/mol. The molecule has 26 heavy (non-hydrogen) atoms. The normalized spacial score (nSPS) is 25.2. The number of rotatable bonds is 7. The van der Waals surface area contributed by atoms with Crippen molar-refractivity contribution in [2.75, 3.05) is 31.1 Å². The number of anilines is 1. The minimum atomic E-state index is -0.196. The monoisotopic (exact) mass is 361 g/mol. The van der Waals surface area contributed by atoms with Crippen molar-refractivity contribution in [3.8, 4) is 0 Å². The highest BCUT2D eigenvalue weighted by Gasteiger charge is 2.29. The predicted octanol–water partition coefficient (Wildman–Crippen LogP) is 1.57. The second kappa shape index (κ2) is 8.31. The van der Waals surface area contributed by atoms with Gasteiger partial charge in [0.05, 0.1) is 6.10 Å². The number of hydrogen-bond donors (Lipinski definition) is 2. The van der Waals surface area contributed by atoms with Gasteiger partial charge in [0.1, 0.15) is 5.82 Å². The highest BCUT2D eigenvalue weighted by molar-refractivity contribution is 5.91. The Hall–Kier alpha value is -1.73. The number of nitrogens with one attached hydrogen (secondary N) is 1. The summed E-state index contributed by atoms with van der Waals surface area (Å²) in [7, 11) is 0. The Morgan fingerprint density at radius 1 is 1.35 bits per heavy atom. The first-order valence-corrected chi connectivity index (χ1v) is 9.73. The van der Waals surface area contributed by atoms with Crippen LogP contribution in [0.3, 0.4) is 0 Å². The average molecular weight is 361 g/mol. The lowest BCUT2D eigenvalue weighted by atomic mass is 9.80. The van der Waals surface area contributed by atoms with E-state index in [0.29, 0.717) is 18.6 Å². The molecule has 1 aliphatic carbocycles. The van der Waals surface area contributed by atoms with Gasteiger partial charge < -0.3 is 20.7 Å². The zero-order chi connectivity index (χ0) is 18.7. The molecule has 0 radical (unpaired) electrons. The molecule has 2 aliphatic rings. The first kappa shape index (κ1) is 19.0. The van der Waals surface area contributed by atoms with Crippen molar-refractivity contribution in [2.45, 2.75) is 58.6 Å². The number of nitrogens with two attached hydrogens (primary N) is 1. The summed E-state index contributed by atoms with van der Waals surface area (Å²) in [5.74, 6) is 1.55. The molecule has 1 aromatic heterocycles. The third kappa shape index (κ3) is 4.32. The van der Waals surface area contributed by atoms with Crippen LogP contribution in [0.1, 0.15) is 54.5 Å². The van der Waals surface area contributed by atoms with Crippen molar-refractivity contribution in [2.24, 2.45) is 11.7 Å². The molecule has 1 saturated carbocycles. The number of aryl methyl sites for hydroxylation is 1. The van der Waals surface area contributed by atoms with Crippen molar-refractivity contribution in [3.05, 3.63) is 17.1 Å². The average Bonchev–Trinajstić information content (AvgIpc) is 3.00. The number of aromatic nitrogens is 2. The fourth-order valence-corrected chi connectivity index (χ4v) is 3.75. The first-order chi connectivity index (χ1) is 12.5. The topological polar surface area (TPSA) is 93.4 Å². The number of ether oxygens (including phenoxy) is 1. The van der Waals surface area contributed by atoms with Gasteiger partial charge in [-0.25, -0.2) is 9.97 Å². The van der Waals surface area contributed by atoms with Gasteiger partial charge in [-0.05, 0) is 52.4 Å². The second-order valence-corrected chi connectivity index (χ2v) is 7.54. The van der Waals surface area contributed by atoms with Gasteiger partial charge in [0, 0.05) is 43.5 Å². The van der Waals surface area contributed by atoms with Crippen LogP contribution in [-0.2, 0) is 4.74 Å².